The molecular weight excluding hydrogens is 286 g/mol. The molecule has 0 saturated carbocycles. The van der Waals surface area contributed by atoms with Crippen molar-refractivity contribution in [3.05, 3.63) is 52.6 Å². The highest BCUT2D eigenvalue weighted by Crippen LogP contribution is 2.24. The molecule has 2 heterocycles. The molecule has 0 radical (unpaired) electrons. The molecule has 0 fully saturated rings. The Kier molecular flexibility index (Phi) is 3.43. The fraction of sp³-hybridized carbons (Fsp3) is 0.200. The Morgan fingerprint density at radius 2 is 1.71 bits per heavy atom. The Labute approximate surface area is 127 Å². The quantitative estimate of drug-likeness (QED) is 0.728. The van der Waals surface area contributed by atoms with Crippen molar-refractivity contribution in [2.75, 3.05) is 0 Å². The van der Waals surface area contributed by atoms with E-state index in [9.17, 15) is 0 Å². The van der Waals surface area contributed by atoms with E-state index in [4.69, 9.17) is 11.6 Å². The van der Waals surface area contributed by atoms with Crippen LogP contribution in [0.2, 0.25) is 5.28 Å². The summed E-state index contributed by atoms with van der Waals surface area (Å²) >= 11 is 6.04. The standard InChI is InChI=1S/C15H14ClN5/c1-9-7-11(3)12(8-10(9)2)13-18-14(16)20-15(19-13)21-6-4-5-17-21/h4-8H,1-3H3. The molecule has 5 nitrogen and oxygen atoms in total. The molecule has 3 rings (SSSR count). The highest BCUT2D eigenvalue weighted by atomic mass is 35.5. The zero-order valence-electron chi connectivity index (χ0n) is 12.0. The zero-order chi connectivity index (χ0) is 15.0. The Morgan fingerprint density at radius 3 is 2.43 bits per heavy atom. The number of aryl methyl sites for hydroxylation is 3. The molecular formula is C15H14ClN5. The minimum absolute atomic E-state index is 0.156. The van der Waals surface area contributed by atoms with Crippen LogP contribution in [0.5, 0.6) is 0 Å². The van der Waals surface area contributed by atoms with Crippen molar-refractivity contribution in [1.82, 2.24) is 24.7 Å². The average molecular weight is 300 g/mol. The maximum Gasteiger partial charge on any atom is 0.255 e. The summed E-state index contributed by atoms with van der Waals surface area (Å²) < 4.78 is 1.56. The summed E-state index contributed by atoms with van der Waals surface area (Å²) in [6.07, 6.45) is 3.43. The van der Waals surface area contributed by atoms with Gasteiger partial charge in [-0.3, -0.25) is 0 Å². The lowest BCUT2D eigenvalue weighted by Gasteiger charge is -2.10. The maximum absolute atomic E-state index is 6.04. The van der Waals surface area contributed by atoms with Crippen molar-refractivity contribution in [3.8, 4) is 17.3 Å². The van der Waals surface area contributed by atoms with Gasteiger partial charge in [-0.05, 0) is 61.2 Å². The number of aromatic nitrogens is 5. The summed E-state index contributed by atoms with van der Waals surface area (Å²) in [5.41, 5.74) is 4.49. The average Bonchev–Trinajstić information content (AvgIpc) is 2.96. The van der Waals surface area contributed by atoms with E-state index in [2.05, 4.69) is 46.0 Å². The normalized spacial score (nSPS) is 10.9. The van der Waals surface area contributed by atoms with Gasteiger partial charge in [-0.2, -0.15) is 20.1 Å². The van der Waals surface area contributed by atoms with Crippen LogP contribution in [0, 0.1) is 20.8 Å². The molecule has 0 amide bonds. The molecule has 1 aromatic carbocycles. The van der Waals surface area contributed by atoms with E-state index < -0.39 is 0 Å². The van der Waals surface area contributed by atoms with Gasteiger partial charge in [0.25, 0.3) is 5.95 Å². The Hall–Kier alpha value is -2.27. The molecule has 0 saturated heterocycles. The third-order valence-electron chi connectivity index (χ3n) is 3.39. The maximum atomic E-state index is 6.04. The van der Waals surface area contributed by atoms with Gasteiger partial charge in [0, 0.05) is 18.0 Å². The molecule has 106 valence electrons. The van der Waals surface area contributed by atoms with E-state index in [1.165, 1.54) is 11.1 Å². The molecule has 3 aromatic rings. The Morgan fingerprint density at radius 1 is 0.952 bits per heavy atom. The smallest absolute Gasteiger partial charge is 0.206 e. The fourth-order valence-electron chi connectivity index (χ4n) is 2.15. The minimum atomic E-state index is 0.156. The molecule has 0 unspecified atom stereocenters. The van der Waals surface area contributed by atoms with Crippen LogP contribution in [0.1, 0.15) is 16.7 Å². The molecule has 0 atom stereocenters. The first-order valence-electron chi connectivity index (χ1n) is 6.54. The number of hydrogen-bond acceptors (Lipinski definition) is 4. The first-order chi connectivity index (χ1) is 10.0. The SMILES string of the molecule is Cc1cc(C)c(-c2nc(Cl)nc(-n3cccn3)n2)cc1C. The number of halogens is 1. The van der Waals surface area contributed by atoms with Crippen LogP contribution in [0.3, 0.4) is 0 Å². The van der Waals surface area contributed by atoms with Crippen LogP contribution < -0.4 is 0 Å². The second-order valence-corrected chi connectivity index (χ2v) is 5.27. The lowest BCUT2D eigenvalue weighted by atomic mass is 10.0. The van der Waals surface area contributed by atoms with Crippen LogP contribution in [0.4, 0.5) is 0 Å². The topological polar surface area (TPSA) is 56.5 Å². The molecule has 0 aliphatic rings. The molecule has 0 bridgehead atoms. The van der Waals surface area contributed by atoms with E-state index in [0.29, 0.717) is 11.8 Å². The van der Waals surface area contributed by atoms with Crippen LogP contribution >= 0.6 is 11.6 Å². The summed E-state index contributed by atoms with van der Waals surface area (Å²) in [6.45, 7) is 6.18. The van der Waals surface area contributed by atoms with Crippen LogP contribution in [0.25, 0.3) is 17.3 Å². The van der Waals surface area contributed by atoms with Crippen molar-refractivity contribution in [3.63, 3.8) is 0 Å². The van der Waals surface area contributed by atoms with Gasteiger partial charge in [0.1, 0.15) is 0 Å². The van der Waals surface area contributed by atoms with Gasteiger partial charge >= 0.3 is 0 Å². The van der Waals surface area contributed by atoms with Crippen molar-refractivity contribution < 1.29 is 0 Å². The van der Waals surface area contributed by atoms with E-state index in [0.717, 1.165) is 11.1 Å². The van der Waals surface area contributed by atoms with E-state index in [1.807, 2.05) is 6.92 Å². The van der Waals surface area contributed by atoms with Crippen molar-refractivity contribution in [1.29, 1.82) is 0 Å². The first-order valence-corrected chi connectivity index (χ1v) is 6.92. The van der Waals surface area contributed by atoms with Crippen molar-refractivity contribution >= 4 is 11.6 Å². The van der Waals surface area contributed by atoms with Gasteiger partial charge in [-0.25, -0.2) is 4.68 Å². The summed E-state index contributed by atoms with van der Waals surface area (Å²) in [4.78, 5) is 12.8. The molecule has 6 heteroatoms. The summed E-state index contributed by atoms with van der Waals surface area (Å²) in [5.74, 6) is 0.966. The van der Waals surface area contributed by atoms with E-state index >= 15 is 0 Å². The van der Waals surface area contributed by atoms with E-state index in [-0.39, 0.29) is 5.28 Å². The molecule has 2 aromatic heterocycles. The molecule has 21 heavy (non-hydrogen) atoms. The van der Waals surface area contributed by atoms with Crippen molar-refractivity contribution in [2.45, 2.75) is 20.8 Å². The summed E-state index contributed by atoms with van der Waals surface area (Å²) in [7, 11) is 0. The molecule has 0 aliphatic heterocycles. The largest absolute Gasteiger partial charge is 0.255 e. The molecule has 0 spiro atoms. The lowest BCUT2D eigenvalue weighted by Crippen LogP contribution is -2.05. The summed E-state index contributed by atoms with van der Waals surface area (Å²) in [5, 5.41) is 4.28. The van der Waals surface area contributed by atoms with Gasteiger partial charge in [-0.1, -0.05) is 6.07 Å². The predicted molar refractivity (Wildman–Crippen MR) is 81.6 cm³/mol. The number of rotatable bonds is 2. The third-order valence-corrected chi connectivity index (χ3v) is 3.56. The highest BCUT2D eigenvalue weighted by Gasteiger charge is 2.12. The lowest BCUT2D eigenvalue weighted by molar-refractivity contribution is 0.797. The fourth-order valence-corrected chi connectivity index (χ4v) is 2.31. The van der Waals surface area contributed by atoms with E-state index in [1.54, 1.807) is 23.1 Å². The predicted octanol–water partition coefficient (Wildman–Crippen LogP) is 3.30. The highest BCUT2D eigenvalue weighted by molar-refractivity contribution is 6.28. The second kappa shape index (κ2) is 5.26. The monoisotopic (exact) mass is 299 g/mol. The van der Waals surface area contributed by atoms with Crippen LogP contribution in [-0.2, 0) is 0 Å². The number of nitrogens with zero attached hydrogens (tertiary/aromatic N) is 5. The van der Waals surface area contributed by atoms with Crippen LogP contribution in [-0.4, -0.2) is 24.7 Å². The van der Waals surface area contributed by atoms with Gasteiger partial charge in [0.05, 0.1) is 0 Å². The molecule has 0 N–H and O–H groups in total. The molecule has 0 aliphatic carbocycles. The third kappa shape index (κ3) is 2.64. The number of hydrogen-bond donors (Lipinski definition) is 0. The number of benzene rings is 1. The summed E-state index contributed by atoms with van der Waals surface area (Å²) in [6, 6.07) is 6.00. The second-order valence-electron chi connectivity index (χ2n) is 4.93. The van der Waals surface area contributed by atoms with Crippen molar-refractivity contribution in [2.24, 2.45) is 0 Å². The van der Waals surface area contributed by atoms with Gasteiger partial charge in [0.15, 0.2) is 5.82 Å². The van der Waals surface area contributed by atoms with Gasteiger partial charge in [0.2, 0.25) is 5.28 Å². The van der Waals surface area contributed by atoms with Gasteiger partial charge in [-0.15, -0.1) is 0 Å². The van der Waals surface area contributed by atoms with Gasteiger partial charge < -0.3 is 0 Å². The minimum Gasteiger partial charge on any atom is -0.206 e. The van der Waals surface area contributed by atoms with Crippen LogP contribution in [0.15, 0.2) is 30.6 Å². The Bertz CT molecular complexity index is 796. The first kappa shape index (κ1) is 13.7. The zero-order valence-corrected chi connectivity index (χ0v) is 12.8. The Balaban J connectivity index is 2.17.